The van der Waals surface area contributed by atoms with E-state index >= 15 is 0 Å². The number of hydrogen-bond acceptors (Lipinski definition) is 3. The molecule has 0 fully saturated rings. The molecule has 0 aliphatic heterocycles. The Kier molecular flexibility index (Phi) is 5.93. The molecule has 0 aliphatic rings. The molecule has 7 heteroatoms. The Bertz CT molecular complexity index is 348. The largest absolute Gasteiger partial charge is 1.00 e. The van der Waals surface area contributed by atoms with Gasteiger partial charge < -0.3 is 9.90 Å². The van der Waals surface area contributed by atoms with E-state index < -0.39 is 17.6 Å². The third kappa shape index (κ3) is 3.43. The second kappa shape index (κ2) is 5.60. The first-order valence-electron chi connectivity index (χ1n) is 2.75. The average Bonchev–Trinajstić information content (AvgIpc) is 1.96. The molecule has 0 amide bonds. The van der Waals surface area contributed by atoms with Crippen LogP contribution in [0.1, 0.15) is 10.5 Å². The van der Waals surface area contributed by atoms with Crippen LogP contribution in [0.25, 0.3) is 0 Å². The molecule has 0 N–H and O–H groups in total. The molecule has 1 rings (SSSR count). The van der Waals surface area contributed by atoms with Crippen molar-refractivity contribution in [2.24, 2.45) is 0 Å². The zero-order valence-electron chi connectivity index (χ0n) is 6.47. The van der Waals surface area contributed by atoms with Gasteiger partial charge in [0, 0.05) is 0 Å². The molecule has 0 spiro atoms. The number of halogens is 3. The molecule has 0 saturated carbocycles. The molecule has 0 radical (unpaired) electrons. The number of carbonyl (C=O) groups excluding carboxylic acids is 1. The minimum atomic E-state index is -1.64. The fraction of sp³-hybridized carbons (Fsp3) is 0. The molecule has 3 nitrogen and oxygen atoms in total. The van der Waals surface area contributed by atoms with E-state index in [1.54, 1.807) is 0 Å². The van der Waals surface area contributed by atoms with Crippen LogP contribution in [0.4, 0.5) is 4.39 Å². The molecular formula is C6HCl2FKNO2. The van der Waals surface area contributed by atoms with Crippen LogP contribution < -0.4 is 56.5 Å². The molecule has 0 saturated heterocycles. The number of rotatable bonds is 1. The number of carboxylic acids is 1. The second-order valence-electron chi connectivity index (χ2n) is 1.88. The van der Waals surface area contributed by atoms with Crippen molar-refractivity contribution >= 4 is 29.2 Å². The first-order chi connectivity index (χ1) is 5.52. The standard InChI is InChI=1S/C6H2Cl2FNO2.K/c7-2-1-3(8)5(9)10-4(2)6(11)12;/h1H,(H,11,12);/q;+1/p-1. The fourth-order valence-electron chi connectivity index (χ4n) is 0.587. The van der Waals surface area contributed by atoms with Crippen molar-refractivity contribution in [3.8, 4) is 0 Å². The summed E-state index contributed by atoms with van der Waals surface area (Å²) < 4.78 is 12.5. The number of carbonyl (C=O) groups is 1. The van der Waals surface area contributed by atoms with E-state index in [9.17, 15) is 14.3 Å². The van der Waals surface area contributed by atoms with Gasteiger partial charge in [0.2, 0.25) is 5.95 Å². The van der Waals surface area contributed by atoms with Gasteiger partial charge in [0.15, 0.2) is 0 Å². The van der Waals surface area contributed by atoms with Gasteiger partial charge in [0.1, 0.15) is 5.69 Å². The molecule has 1 aromatic rings. The van der Waals surface area contributed by atoms with Crippen LogP contribution in [0.15, 0.2) is 6.07 Å². The topological polar surface area (TPSA) is 53.0 Å². The summed E-state index contributed by atoms with van der Waals surface area (Å²) in [5, 5.41) is 9.64. The number of aromatic nitrogens is 1. The maximum atomic E-state index is 12.5. The monoisotopic (exact) mass is 247 g/mol. The Balaban J connectivity index is 0.00000144. The second-order valence-corrected chi connectivity index (χ2v) is 2.69. The van der Waals surface area contributed by atoms with Crippen molar-refractivity contribution in [1.82, 2.24) is 4.98 Å². The van der Waals surface area contributed by atoms with Crippen molar-refractivity contribution < 1.29 is 65.7 Å². The van der Waals surface area contributed by atoms with Crippen LogP contribution >= 0.6 is 23.2 Å². The van der Waals surface area contributed by atoms with E-state index in [0.717, 1.165) is 6.07 Å². The van der Waals surface area contributed by atoms with Crippen LogP contribution in [0.2, 0.25) is 10.0 Å². The number of pyridine rings is 1. The normalized spacial score (nSPS) is 9.15. The van der Waals surface area contributed by atoms with Crippen LogP contribution in [0.3, 0.4) is 0 Å². The Morgan fingerprint density at radius 1 is 1.46 bits per heavy atom. The Labute approximate surface area is 126 Å². The van der Waals surface area contributed by atoms with Crippen molar-refractivity contribution in [2.75, 3.05) is 0 Å². The fourth-order valence-corrected chi connectivity index (χ4v) is 1.02. The smallest absolute Gasteiger partial charge is 0.543 e. The summed E-state index contributed by atoms with van der Waals surface area (Å²) in [6, 6.07) is 0.955. The first kappa shape index (κ1) is 13.8. The van der Waals surface area contributed by atoms with Crippen molar-refractivity contribution in [2.45, 2.75) is 0 Å². The summed E-state index contributed by atoms with van der Waals surface area (Å²) >= 11 is 10.6. The van der Waals surface area contributed by atoms with E-state index in [2.05, 4.69) is 4.98 Å². The molecule has 64 valence electrons. The molecule has 0 aliphatic carbocycles. The quantitative estimate of drug-likeness (QED) is 0.422. The van der Waals surface area contributed by atoms with Crippen LogP contribution in [-0.4, -0.2) is 11.0 Å². The predicted molar refractivity (Wildman–Crippen MR) is 38.5 cm³/mol. The molecule has 1 aromatic heterocycles. The minimum Gasteiger partial charge on any atom is -0.543 e. The zero-order chi connectivity index (χ0) is 9.30. The molecule has 0 unspecified atom stereocenters. The molecule has 0 atom stereocenters. The maximum absolute atomic E-state index is 12.5. The van der Waals surface area contributed by atoms with E-state index in [1.807, 2.05) is 0 Å². The van der Waals surface area contributed by atoms with E-state index in [1.165, 1.54) is 0 Å². The van der Waals surface area contributed by atoms with Gasteiger partial charge in [-0.25, -0.2) is 4.98 Å². The third-order valence-electron chi connectivity index (χ3n) is 1.08. The maximum Gasteiger partial charge on any atom is 1.00 e. The Hall–Kier alpha value is 0.766. The summed E-state index contributed by atoms with van der Waals surface area (Å²) in [5.74, 6) is -2.73. The first-order valence-corrected chi connectivity index (χ1v) is 3.51. The average molecular weight is 248 g/mol. The summed E-state index contributed by atoms with van der Waals surface area (Å²) in [5.41, 5.74) is -0.654. The summed E-state index contributed by atoms with van der Waals surface area (Å²) in [6.07, 6.45) is 0. The Morgan fingerprint density at radius 3 is 2.46 bits per heavy atom. The SMILES string of the molecule is O=C([O-])c1nc(F)c(Cl)cc1Cl.[K+]. The van der Waals surface area contributed by atoms with E-state index in [0.29, 0.717) is 0 Å². The van der Waals surface area contributed by atoms with Gasteiger partial charge in [-0.05, 0) is 6.07 Å². The van der Waals surface area contributed by atoms with Gasteiger partial charge in [0.05, 0.1) is 16.0 Å². The van der Waals surface area contributed by atoms with Gasteiger partial charge in [0.25, 0.3) is 0 Å². The van der Waals surface area contributed by atoms with Crippen LogP contribution in [-0.2, 0) is 0 Å². The van der Waals surface area contributed by atoms with Crippen molar-refractivity contribution in [3.63, 3.8) is 0 Å². The molecule has 1 heterocycles. The van der Waals surface area contributed by atoms with Gasteiger partial charge >= 0.3 is 51.4 Å². The van der Waals surface area contributed by atoms with Gasteiger partial charge in [-0.1, -0.05) is 23.2 Å². The zero-order valence-corrected chi connectivity index (χ0v) is 11.1. The van der Waals surface area contributed by atoms with Crippen LogP contribution in [0, 0.1) is 5.95 Å². The number of aromatic carboxylic acids is 1. The van der Waals surface area contributed by atoms with Gasteiger partial charge in [-0.2, -0.15) is 4.39 Å². The Morgan fingerprint density at radius 2 is 2.00 bits per heavy atom. The molecule has 0 aromatic carbocycles. The molecule has 0 bridgehead atoms. The van der Waals surface area contributed by atoms with Crippen LogP contribution in [0.5, 0.6) is 0 Å². The number of hydrogen-bond donors (Lipinski definition) is 0. The third-order valence-corrected chi connectivity index (χ3v) is 1.63. The summed E-state index contributed by atoms with van der Waals surface area (Å²) in [4.78, 5) is 13.2. The van der Waals surface area contributed by atoms with E-state index in [4.69, 9.17) is 23.2 Å². The van der Waals surface area contributed by atoms with Crippen molar-refractivity contribution in [3.05, 3.63) is 27.8 Å². The van der Waals surface area contributed by atoms with Gasteiger partial charge in [-0.3, -0.25) is 0 Å². The summed E-state index contributed by atoms with van der Waals surface area (Å²) in [6.45, 7) is 0. The minimum absolute atomic E-state index is 0. The van der Waals surface area contributed by atoms with Gasteiger partial charge in [-0.15, -0.1) is 0 Å². The summed E-state index contributed by atoms with van der Waals surface area (Å²) in [7, 11) is 0. The van der Waals surface area contributed by atoms with E-state index in [-0.39, 0.29) is 61.4 Å². The molecular weight excluding hydrogens is 247 g/mol. The predicted octanol–water partition coefficient (Wildman–Crippen LogP) is -2.10. The van der Waals surface area contributed by atoms with Crippen molar-refractivity contribution in [1.29, 1.82) is 0 Å². The number of carboxylic acid groups (broad SMARTS) is 1. The molecule has 13 heavy (non-hydrogen) atoms. The number of nitrogens with zero attached hydrogens (tertiary/aromatic N) is 1.